The number of nitrogens with one attached hydrogen (secondary N) is 2. The maximum absolute atomic E-state index is 12.3. The van der Waals surface area contributed by atoms with Gasteiger partial charge in [-0.1, -0.05) is 35.9 Å². The topological polar surface area (TPSA) is 70.7 Å². The number of hydrogen-bond acceptors (Lipinski definition) is 4. The molecule has 7 heteroatoms. The van der Waals surface area contributed by atoms with Crippen LogP contribution < -0.4 is 15.5 Å². The molecular formula is C20H22ClN3O3. The number of amides is 2. The highest BCUT2D eigenvalue weighted by Gasteiger charge is 2.16. The Balaban J connectivity index is 1.53. The number of hydrogen-bond donors (Lipinski definition) is 2. The summed E-state index contributed by atoms with van der Waals surface area (Å²) in [4.78, 5) is 26.5. The predicted molar refractivity (Wildman–Crippen MR) is 106 cm³/mol. The summed E-state index contributed by atoms with van der Waals surface area (Å²) < 4.78 is 5.38. The Morgan fingerprint density at radius 2 is 1.70 bits per heavy atom. The Kier molecular flexibility index (Phi) is 6.68. The maximum atomic E-state index is 12.3. The fraction of sp³-hybridized carbons (Fsp3) is 0.300. The Labute approximate surface area is 163 Å². The van der Waals surface area contributed by atoms with Crippen molar-refractivity contribution in [3.63, 3.8) is 0 Å². The number of para-hydroxylation sites is 2. The van der Waals surface area contributed by atoms with Crippen LogP contribution >= 0.6 is 11.6 Å². The molecule has 0 radical (unpaired) electrons. The van der Waals surface area contributed by atoms with Crippen LogP contribution in [-0.4, -0.2) is 38.1 Å². The van der Waals surface area contributed by atoms with E-state index >= 15 is 0 Å². The molecule has 6 nitrogen and oxygen atoms in total. The van der Waals surface area contributed by atoms with Crippen molar-refractivity contribution in [2.45, 2.75) is 13.0 Å². The number of nitrogens with zero attached hydrogens (tertiary/aromatic N) is 1. The third-order valence-electron chi connectivity index (χ3n) is 4.25. The Morgan fingerprint density at radius 1 is 1.00 bits per heavy atom. The van der Waals surface area contributed by atoms with Crippen LogP contribution in [0, 0.1) is 0 Å². The summed E-state index contributed by atoms with van der Waals surface area (Å²) in [5, 5.41) is 6.23. The monoisotopic (exact) mass is 387 g/mol. The van der Waals surface area contributed by atoms with Crippen LogP contribution in [0.1, 0.15) is 12.0 Å². The van der Waals surface area contributed by atoms with Crippen molar-refractivity contribution >= 4 is 34.8 Å². The molecule has 2 N–H and O–H groups in total. The van der Waals surface area contributed by atoms with E-state index in [0.29, 0.717) is 30.5 Å². The van der Waals surface area contributed by atoms with Gasteiger partial charge in [-0.2, -0.15) is 0 Å². The van der Waals surface area contributed by atoms with Crippen molar-refractivity contribution in [1.82, 2.24) is 5.32 Å². The van der Waals surface area contributed by atoms with Gasteiger partial charge < -0.3 is 20.3 Å². The molecule has 0 aromatic heterocycles. The summed E-state index contributed by atoms with van der Waals surface area (Å²) >= 11 is 5.84. The molecule has 2 aromatic rings. The normalized spacial score (nSPS) is 13.9. The SMILES string of the molecule is O=C(CC(=O)Nc1ccccc1N1CCOCC1)NCc1ccc(Cl)cc1. The molecule has 1 saturated heterocycles. The van der Waals surface area contributed by atoms with Gasteiger partial charge >= 0.3 is 0 Å². The molecule has 1 fully saturated rings. The van der Waals surface area contributed by atoms with Gasteiger partial charge in [0.1, 0.15) is 6.42 Å². The fourth-order valence-electron chi connectivity index (χ4n) is 2.86. The van der Waals surface area contributed by atoms with Crippen LogP contribution in [0.5, 0.6) is 0 Å². The highest BCUT2D eigenvalue weighted by molar-refractivity contribution is 6.30. The molecule has 0 unspecified atom stereocenters. The maximum Gasteiger partial charge on any atom is 0.233 e. The molecule has 0 aliphatic carbocycles. The van der Waals surface area contributed by atoms with Gasteiger partial charge in [-0.15, -0.1) is 0 Å². The molecule has 0 saturated carbocycles. The zero-order chi connectivity index (χ0) is 19.1. The van der Waals surface area contributed by atoms with Gasteiger partial charge in [0.15, 0.2) is 0 Å². The molecular weight excluding hydrogens is 366 g/mol. The van der Waals surface area contributed by atoms with Gasteiger partial charge in [0.25, 0.3) is 0 Å². The molecule has 1 aliphatic heterocycles. The zero-order valence-corrected chi connectivity index (χ0v) is 15.7. The number of ether oxygens (including phenoxy) is 1. The number of halogens is 1. The predicted octanol–water partition coefficient (Wildman–Crippen LogP) is 2.82. The number of carbonyl (C=O) groups excluding carboxylic acids is 2. The van der Waals surface area contributed by atoms with Gasteiger partial charge in [-0.05, 0) is 29.8 Å². The van der Waals surface area contributed by atoms with E-state index in [1.165, 1.54) is 0 Å². The highest BCUT2D eigenvalue weighted by atomic mass is 35.5. The summed E-state index contributed by atoms with van der Waals surface area (Å²) in [7, 11) is 0. The standard InChI is InChI=1S/C20H22ClN3O3/c21-16-7-5-15(6-8-16)14-22-19(25)13-20(26)23-17-3-1-2-4-18(17)24-9-11-27-12-10-24/h1-8H,9-14H2,(H,22,25)(H,23,26). The third-order valence-corrected chi connectivity index (χ3v) is 4.51. The molecule has 0 bridgehead atoms. The second-order valence-electron chi connectivity index (χ2n) is 6.24. The first-order chi connectivity index (χ1) is 13.1. The van der Waals surface area contributed by atoms with Crippen molar-refractivity contribution in [3.05, 3.63) is 59.1 Å². The van der Waals surface area contributed by atoms with E-state index in [4.69, 9.17) is 16.3 Å². The second kappa shape index (κ2) is 9.39. The van der Waals surface area contributed by atoms with E-state index in [0.717, 1.165) is 24.3 Å². The van der Waals surface area contributed by atoms with E-state index in [-0.39, 0.29) is 18.2 Å². The zero-order valence-electron chi connectivity index (χ0n) is 14.9. The molecule has 27 heavy (non-hydrogen) atoms. The number of anilines is 2. The molecule has 1 heterocycles. The molecule has 142 valence electrons. The fourth-order valence-corrected chi connectivity index (χ4v) is 2.99. The average molecular weight is 388 g/mol. The molecule has 2 amide bonds. The first kappa shape index (κ1) is 19.2. The van der Waals surface area contributed by atoms with Gasteiger partial charge in [0, 0.05) is 24.7 Å². The van der Waals surface area contributed by atoms with E-state index in [2.05, 4.69) is 15.5 Å². The van der Waals surface area contributed by atoms with Crippen LogP contribution in [0.15, 0.2) is 48.5 Å². The van der Waals surface area contributed by atoms with E-state index < -0.39 is 0 Å². The smallest absolute Gasteiger partial charge is 0.233 e. The van der Waals surface area contributed by atoms with Gasteiger partial charge in [-0.25, -0.2) is 0 Å². The highest BCUT2D eigenvalue weighted by Crippen LogP contribution is 2.26. The van der Waals surface area contributed by atoms with Crippen LogP contribution in [0.3, 0.4) is 0 Å². The lowest BCUT2D eigenvalue weighted by Gasteiger charge is -2.30. The summed E-state index contributed by atoms with van der Waals surface area (Å²) in [6.45, 7) is 3.22. The Bertz CT molecular complexity index is 789. The molecule has 1 aliphatic rings. The number of rotatable bonds is 6. The van der Waals surface area contributed by atoms with Crippen molar-refractivity contribution in [2.75, 3.05) is 36.5 Å². The van der Waals surface area contributed by atoms with Crippen molar-refractivity contribution < 1.29 is 14.3 Å². The lowest BCUT2D eigenvalue weighted by molar-refractivity contribution is -0.126. The van der Waals surface area contributed by atoms with E-state index in [1.54, 1.807) is 12.1 Å². The quantitative estimate of drug-likeness (QED) is 0.748. The van der Waals surface area contributed by atoms with Crippen LogP contribution in [0.25, 0.3) is 0 Å². The first-order valence-corrected chi connectivity index (χ1v) is 9.22. The number of benzene rings is 2. The molecule has 3 rings (SSSR count). The largest absolute Gasteiger partial charge is 0.378 e. The number of morpholine rings is 1. The Morgan fingerprint density at radius 3 is 2.44 bits per heavy atom. The minimum atomic E-state index is -0.343. The van der Waals surface area contributed by atoms with Crippen molar-refractivity contribution in [3.8, 4) is 0 Å². The van der Waals surface area contributed by atoms with Crippen LogP contribution in [-0.2, 0) is 20.9 Å². The lowest BCUT2D eigenvalue weighted by Crippen LogP contribution is -2.37. The van der Waals surface area contributed by atoms with Crippen molar-refractivity contribution in [1.29, 1.82) is 0 Å². The van der Waals surface area contributed by atoms with E-state index in [1.807, 2.05) is 36.4 Å². The summed E-state index contributed by atoms with van der Waals surface area (Å²) in [6.07, 6.45) is -0.231. The van der Waals surface area contributed by atoms with Gasteiger partial charge in [-0.3, -0.25) is 9.59 Å². The minimum Gasteiger partial charge on any atom is -0.378 e. The molecule has 0 atom stereocenters. The Hall–Kier alpha value is -2.57. The summed E-state index contributed by atoms with van der Waals surface area (Å²) in [5.74, 6) is -0.671. The van der Waals surface area contributed by atoms with Crippen molar-refractivity contribution in [2.24, 2.45) is 0 Å². The molecule has 2 aromatic carbocycles. The first-order valence-electron chi connectivity index (χ1n) is 8.84. The van der Waals surface area contributed by atoms with Crippen LogP contribution in [0.2, 0.25) is 5.02 Å². The summed E-state index contributed by atoms with van der Waals surface area (Å²) in [5.41, 5.74) is 2.57. The number of carbonyl (C=O) groups is 2. The van der Waals surface area contributed by atoms with Crippen LogP contribution in [0.4, 0.5) is 11.4 Å². The summed E-state index contributed by atoms with van der Waals surface area (Å²) in [6, 6.07) is 14.8. The van der Waals surface area contributed by atoms with E-state index in [9.17, 15) is 9.59 Å². The molecule has 0 spiro atoms. The average Bonchev–Trinajstić information content (AvgIpc) is 2.68. The van der Waals surface area contributed by atoms with Gasteiger partial charge in [0.2, 0.25) is 11.8 Å². The third kappa shape index (κ3) is 5.70. The second-order valence-corrected chi connectivity index (χ2v) is 6.68. The van der Waals surface area contributed by atoms with Gasteiger partial charge in [0.05, 0.1) is 24.6 Å². The lowest BCUT2D eigenvalue weighted by atomic mass is 10.2. The minimum absolute atomic E-state index is 0.231.